The fourth-order valence-electron chi connectivity index (χ4n) is 2.64. The second kappa shape index (κ2) is 9.07. The van der Waals surface area contributed by atoms with Gasteiger partial charge in [0.2, 0.25) is 5.89 Å². The van der Waals surface area contributed by atoms with Crippen molar-refractivity contribution in [1.82, 2.24) is 9.97 Å². The third-order valence-electron chi connectivity index (χ3n) is 4.17. The van der Waals surface area contributed by atoms with Crippen LogP contribution in [0.5, 0.6) is 0 Å². The van der Waals surface area contributed by atoms with Gasteiger partial charge in [0.25, 0.3) is 0 Å². The Balaban J connectivity index is 1.39. The summed E-state index contributed by atoms with van der Waals surface area (Å²) in [6.07, 6.45) is 1.52. The Morgan fingerprint density at radius 2 is 1.97 bits per heavy atom. The first-order valence-electron chi connectivity index (χ1n) is 8.96. The Morgan fingerprint density at radius 1 is 1.14 bits per heavy atom. The molecular formula is C22H18N2O3S2. The van der Waals surface area contributed by atoms with E-state index in [1.807, 2.05) is 54.8 Å². The summed E-state index contributed by atoms with van der Waals surface area (Å²) in [4.78, 5) is 22.2. The van der Waals surface area contributed by atoms with Crippen LogP contribution < -0.4 is 0 Å². The summed E-state index contributed by atoms with van der Waals surface area (Å²) in [6.45, 7) is 2.08. The average molecular weight is 423 g/mol. The SMILES string of the molecule is Cc1ccc(-c2nc(COC(=O)c3ccccc3SCc3cscn3)co2)cc1. The Bertz CT molecular complexity index is 1090. The minimum atomic E-state index is -0.383. The van der Waals surface area contributed by atoms with E-state index in [0.29, 0.717) is 22.9 Å². The first-order valence-corrected chi connectivity index (χ1v) is 10.9. The fourth-order valence-corrected chi connectivity index (χ4v) is 4.25. The quantitative estimate of drug-likeness (QED) is 0.279. The lowest BCUT2D eigenvalue weighted by molar-refractivity contribution is 0.0463. The van der Waals surface area contributed by atoms with Gasteiger partial charge in [-0.15, -0.1) is 23.1 Å². The van der Waals surface area contributed by atoms with Gasteiger partial charge in [-0.25, -0.2) is 14.8 Å². The van der Waals surface area contributed by atoms with Gasteiger partial charge in [0.1, 0.15) is 18.6 Å². The van der Waals surface area contributed by atoms with Gasteiger partial charge in [-0.1, -0.05) is 29.8 Å². The minimum Gasteiger partial charge on any atom is -0.455 e. The van der Waals surface area contributed by atoms with Crippen molar-refractivity contribution in [1.29, 1.82) is 0 Å². The maximum absolute atomic E-state index is 12.6. The van der Waals surface area contributed by atoms with Crippen molar-refractivity contribution in [2.45, 2.75) is 24.2 Å². The molecule has 7 heteroatoms. The van der Waals surface area contributed by atoms with E-state index in [2.05, 4.69) is 9.97 Å². The smallest absolute Gasteiger partial charge is 0.339 e. The number of aromatic nitrogens is 2. The highest BCUT2D eigenvalue weighted by Gasteiger charge is 2.15. The summed E-state index contributed by atoms with van der Waals surface area (Å²) in [7, 11) is 0. The summed E-state index contributed by atoms with van der Waals surface area (Å²) >= 11 is 3.13. The van der Waals surface area contributed by atoms with Crippen LogP contribution in [-0.2, 0) is 17.1 Å². The third-order valence-corrected chi connectivity index (χ3v) is 5.91. The van der Waals surface area contributed by atoms with E-state index in [0.717, 1.165) is 16.2 Å². The van der Waals surface area contributed by atoms with E-state index in [-0.39, 0.29) is 12.6 Å². The number of rotatable bonds is 7. The van der Waals surface area contributed by atoms with Crippen LogP contribution in [0.2, 0.25) is 0 Å². The highest BCUT2D eigenvalue weighted by atomic mass is 32.2. The fraction of sp³-hybridized carbons (Fsp3) is 0.136. The number of hydrogen-bond acceptors (Lipinski definition) is 7. The highest BCUT2D eigenvalue weighted by Crippen LogP contribution is 2.27. The van der Waals surface area contributed by atoms with Crippen LogP contribution in [0.25, 0.3) is 11.5 Å². The van der Waals surface area contributed by atoms with E-state index in [9.17, 15) is 4.79 Å². The molecule has 0 bridgehead atoms. The molecular weight excluding hydrogens is 404 g/mol. The Kier molecular flexibility index (Phi) is 6.07. The molecule has 2 aromatic heterocycles. The third kappa shape index (κ3) is 4.93. The van der Waals surface area contributed by atoms with Gasteiger partial charge < -0.3 is 9.15 Å². The topological polar surface area (TPSA) is 65.2 Å². The lowest BCUT2D eigenvalue weighted by atomic mass is 10.1. The van der Waals surface area contributed by atoms with Gasteiger partial charge in [-0.05, 0) is 31.2 Å². The largest absolute Gasteiger partial charge is 0.455 e. The Hall–Kier alpha value is -2.90. The zero-order valence-electron chi connectivity index (χ0n) is 15.7. The van der Waals surface area contributed by atoms with Crippen molar-refractivity contribution >= 4 is 29.1 Å². The van der Waals surface area contributed by atoms with Crippen molar-refractivity contribution < 1.29 is 13.9 Å². The molecule has 0 unspecified atom stereocenters. The number of esters is 1. The molecule has 0 saturated heterocycles. The molecule has 4 aromatic rings. The zero-order chi connectivity index (χ0) is 20.1. The number of oxazole rings is 1. The maximum atomic E-state index is 12.6. The summed E-state index contributed by atoms with van der Waals surface area (Å²) < 4.78 is 11.0. The van der Waals surface area contributed by atoms with E-state index in [4.69, 9.17) is 9.15 Å². The van der Waals surface area contributed by atoms with Crippen molar-refractivity contribution in [3.63, 3.8) is 0 Å². The number of carbonyl (C=O) groups excluding carboxylic acids is 1. The van der Waals surface area contributed by atoms with E-state index >= 15 is 0 Å². The van der Waals surface area contributed by atoms with Crippen molar-refractivity contribution in [2.24, 2.45) is 0 Å². The average Bonchev–Trinajstić information content (AvgIpc) is 3.43. The number of thiazole rings is 1. The molecule has 4 rings (SSSR count). The monoisotopic (exact) mass is 422 g/mol. The molecule has 146 valence electrons. The molecule has 2 aromatic carbocycles. The molecule has 5 nitrogen and oxygen atoms in total. The number of ether oxygens (including phenoxy) is 1. The molecule has 0 saturated carbocycles. The Labute approximate surface area is 176 Å². The number of benzene rings is 2. The predicted molar refractivity (Wildman–Crippen MR) is 114 cm³/mol. The second-order valence-electron chi connectivity index (χ2n) is 6.35. The van der Waals surface area contributed by atoms with E-state index < -0.39 is 0 Å². The van der Waals surface area contributed by atoms with E-state index in [1.165, 1.54) is 11.8 Å². The molecule has 0 fully saturated rings. The minimum absolute atomic E-state index is 0.0548. The van der Waals surface area contributed by atoms with Crippen molar-refractivity contribution in [3.05, 3.63) is 88.2 Å². The van der Waals surface area contributed by atoms with Crippen LogP contribution >= 0.6 is 23.1 Å². The van der Waals surface area contributed by atoms with Crippen LogP contribution in [0, 0.1) is 6.92 Å². The molecule has 0 aliphatic rings. The summed E-state index contributed by atoms with van der Waals surface area (Å²) in [6, 6.07) is 15.3. The molecule has 0 aliphatic carbocycles. The molecule has 0 aliphatic heterocycles. The van der Waals surface area contributed by atoms with Gasteiger partial charge in [0.15, 0.2) is 0 Å². The van der Waals surface area contributed by atoms with Crippen LogP contribution in [0.4, 0.5) is 0 Å². The zero-order valence-corrected chi connectivity index (χ0v) is 17.3. The lowest BCUT2D eigenvalue weighted by Gasteiger charge is -2.08. The van der Waals surface area contributed by atoms with Gasteiger partial charge in [-0.2, -0.15) is 0 Å². The normalized spacial score (nSPS) is 10.8. The summed E-state index contributed by atoms with van der Waals surface area (Å²) in [5.41, 5.74) is 5.96. The van der Waals surface area contributed by atoms with Crippen LogP contribution in [0.3, 0.4) is 0 Å². The highest BCUT2D eigenvalue weighted by molar-refractivity contribution is 7.98. The van der Waals surface area contributed by atoms with Gasteiger partial charge >= 0.3 is 5.97 Å². The van der Waals surface area contributed by atoms with Crippen molar-refractivity contribution in [2.75, 3.05) is 0 Å². The molecule has 0 N–H and O–H groups in total. The first-order chi connectivity index (χ1) is 14.2. The number of thioether (sulfide) groups is 1. The molecule has 29 heavy (non-hydrogen) atoms. The van der Waals surface area contributed by atoms with Gasteiger partial charge in [0.05, 0.1) is 16.8 Å². The molecule has 0 amide bonds. The molecule has 2 heterocycles. The summed E-state index contributed by atoms with van der Waals surface area (Å²) in [5, 5.41) is 2.00. The molecule has 0 atom stereocenters. The predicted octanol–water partition coefficient (Wildman–Crippen LogP) is 5.76. The molecule has 0 radical (unpaired) electrons. The first kappa shape index (κ1) is 19.4. The number of hydrogen-bond donors (Lipinski definition) is 0. The number of aryl methyl sites for hydroxylation is 1. The van der Waals surface area contributed by atoms with Crippen molar-refractivity contribution in [3.8, 4) is 11.5 Å². The Morgan fingerprint density at radius 3 is 2.76 bits per heavy atom. The van der Waals surface area contributed by atoms with Gasteiger partial charge in [0, 0.05) is 21.6 Å². The summed E-state index contributed by atoms with van der Waals surface area (Å²) in [5.74, 6) is 0.832. The van der Waals surface area contributed by atoms with Gasteiger partial charge in [-0.3, -0.25) is 0 Å². The standard InChI is InChI=1S/C22H18N2O3S2/c1-15-6-8-16(9-7-15)21-24-17(10-26-21)11-27-22(25)19-4-2-3-5-20(19)29-13-18-12-28-14-23-18/h2-10,12,14H,11,13H2,1H3. The van der Waals surface area contributed by atoms with Crippen LogP contribution in [-0.4, -0.2) is 15.9 Å². The lowest BCUT2D eigenvalue weighted by Crippen LogP contribution is -2.07. The number of carbonyl (C=O) groups is 1. The van der Waals surface area contributed by atoms with Crippen LogP contribution in [0.15, 0.2) is 75.0 Å². The maximum Gasteiger partial charge on any atom is 0.339 e. The van der Waals surface area contributed by atoms with E-state index in [1.54, 1.807) is 34.7 Å². The second-order valence-corrected chi connectivity index (χ2v) is 8.09. The number of nitrogens with zero attached hydrogens (tertiary/aromatic N) is 2. The molecule has 0 spiro atoms. The van der Waals surface area contributed by atoms with Crippen LogP contribution in [0.1, 0.15) is 27.3 Å².